The van der Waals surface area contributed by atoms with Gasteiger partial charge in [0.05, 0.1) is 36.3 Å². The standard InChI is InChI=1S/C28H30F4N2O5/c29-22-16-18(28(30,31)32)6-9-23(22)33-25(35)21-3-1-2-20(24(21)26(36)37)17-4-7-19(8-5-17)34-12-10-27(11-13-34)38-14-15-39-27/h4-9,16,20-21,24H,1-3,10-15H2,(H,33,35)(H,36,37)/t20-,21-,24-/m1/s1. The lowest BCUT2D eigenvalue weighted by Crippen LogP contribution is -2.45. The fourth-order valence-corrected chi connectivity index (χ4v) is 6.05. The van der Waals surface area contributed by atoms with Crippen LogP contribution in [-0.4, -0.2) is 49.1 Å². The van der Waals surface area contributed by atoms with Crippen LogP contribution in [0.25, 0.3) is 0 Å². The molecule has 2 aromatic rings. The molecule has 11 heteroatoms. The van der Waals surface area contributed by atoms with Gasteiger partial charge in [0, 0.05) is 31.6 Å². The number of alkyl halides is 3. The van der Waals surface area contributed by atoms with E-state index in [4.69, 9.17) is 9.47 Å². The van der Waals surface area contributed by atoms with Crippen LogP contribution < -0.4 is 10.2 Å². The number of carboxylic acids is 1. The minimum atomic E-state index is -4.72. The lowest BCUT2D eigenvalue weighted by atomic mass is 9.69. The second-order valence-electron chi connectivity index (χ2n) is 10.4. The van der Waals surface area contributed by atoms with Crippen molar-refractivity contribution in [2.75, 3.05) is 36.5 Å². The summed E-state index contributed by atoms with van der Waals surface area (Å²) in [6.45, 7) is 2.75. The lowest BCUT2D eigenvalue weighted by molar-refractivity contribution is -0.169. The SMILES string of the molecule is O=C(O)[C@@H]1[C@@H](c2ccc(N3CCC4(CC3)OCCO4)cc2)CCC[C@H]1C(=O)Nc1ccc(C(F)(F)F)cc1F. The van der Waals surface area contributed by atoms with Gasteiger partial charge in [-0.1, -0.05) is 18.6 Å². The number of hydrogen-bond donors (Lipinski definition) is 2. The van der Waals surface area contributed by atoms with Crippen LogP contribution in [0.3, 0.4) is 0 Å². The van der Waals surface area contributed by atoms with Gasteiger partial charge in [0.25, 0.3) is 0 Å². The van der Waals surface area contributed by atoms with Crippen LogP contribution in [0.2, 0.25) is 0 Å². The molecule has 2 aliphatic heterocycles. The molecular formula is C28H30F4N2O5. The molecule has 210 valence electrons. The van der Waals surface area contributed by atoms with Crippen LogP contribution in [0.1, 0.15) is 49.1 Å². The first-order valence-corrected chi connectivity index (χ1v) is 13.1. The van der Waals surface area contributed by atoms with Crippen molar-refractivity contribution in [3.63, 3.8) is 0 Å². The first-order chi connectivity index (χ1) is 18.6. The smallest absolute Gasteiger partial charge is 0.416 e. The molecule has 3 fully saturated rings. The monoisotopic (exact) mass is 550 g/mol. The zero-order valence-corrected chi connectivity index (χ0v) is 21.2. The molecule has 2 saturated heterocycles. The number of halogens is 4. The lowest BCUT2D eigenvalue weighted by Gasteiger charge is -2.39. The van der Waals surface area contributed by atoms with E-state index in [1.54, 1.807) is 0 Å². The molecule has 1 aliphatic carbocycles. The topological polar surface area (TPSA) is 88.1 Å². The number of carboxylic acid groups (broad SMARTS) is 1. The van der Waals surface area contributed by atoms with Gasteiger partial charge in [-0.05, 0) is 54.7 Å². The van der Waals surface area contributed by atoms with Gasteiger partial charge < -0.3 is 24.8 Å². The predicted octanol–water partition coefficient (Wildman–Crippen LogP) is 5.41. The minimum Gasteiger partial charge on any atom is -0.481 e. The number of benzene rings is 2. The third kappa shape index (κ3) is 5.74. The van der Waals surface area contributed by atoms with E-state index < -0.39 is 58.7 Å². The Kier molecular flexibility index (Phi) is 7.56. The maximum absolute atomic E-state index is 14.3. The van der Waals surface area contributed by atoms with Crippen molar-refractivity contribution in [3.05, 3.63) is 59.4 Å². The van der Waals surface area contributed by atoms with Gasteiger partial charge in [-0.2, -0.15) is 13.2 Å². The van der Waals surface area contributed by atoms with E-state index in [2.05, 4.69) is 10.2 Å². The Labute approximate surface area is 223 Å². The van der Waals surface area contributed by atoms with Crippen LogP contribution in [0.5, 0.6) is 0 Å². The molecule has 7 nitrogen and oxygen atoms in total. The number of rotatable bonds is 5. The Hall–Kier alpha value is -3.18. The molecular weight excluding hydrogens is 520 g/mol. The molecule has 3 aliphatic rings. The van der Waals surface area contributed by atoms with Crippen LogP contribution in [0, 0.1) is 17.7 Å². The molecule has 0 bridgehead atoms. The summed E-state index contributed by atoms with van der Waals surface area (Å²) in [4.78, 5) is 27.7. The van der Waals surface area contributed by atoms with E-state index in [-0.39, 0.29) is 6.42 Å². The summed E-state index contributed by atoms with van der Waals surface area (Å²) >= 11 is 0. The van der Waals surface area contributed by atoms with Crippen molar-refractivity contribution >= 4 is 23.3 Å². The number of carbonyl (C=O) groups is 2. The molecule has 2 aromatic carbocycles. The molecule has 3 atom stereocenters. The number of hydrogen-bond acceptors (Lipinski definition) is 5. The summed E-state index contributed by atoms with van der Waals surface area (Å²) in [6, 6.07) is 9.50. The van der Waals surface area contributed by atoms with Crippen LogP contribution in [0.4, 0.5) is 28.9 Å². The maximum atomic E-state index is 14.3. The summed E-state index contributed by atoms with van der Waals surface area (Å²) in [5.41, 5.74) is 0.203. The van der Waals surface area contributed by atoms with Gasteiger partial charge in [-0.25, -0.2) is 4.39 Å². The van der Waals surface area contributed by atoms with Crippen LogP contribution >= 0.6 is 0 Å². The molecule has 0 radical (unpaired) electrons. The quantitative estimate of drug-likeness (QED) is 0.484. The number of ether oxygens (including phenoxy) is 2. The summed E-state index contributed by atoms with van der Waals surface area (Å²) in [5.74, 6) is -6.05. The summed E-state index contributed by atoms with van der Waals surface area (Å²) in [6.07, 6.45) is -1.78. The van der Waals surface area contributed by atoms with Gasteiger partial charge >= 0.3 is 12.1 Å². The fraction of sp³-hybridized carbons (Fsp3) is 0.500. The first kappa shape index (κ1) is 27.4. The van der Waals surface area contributed by atoms with E-state index in [0.717, 1.165) is 43.2 Å². The van der Waals surface area contributed by atoms with Crippen molar-refractivity contribution in [1.82, 2.24) is 0 Å². The first-order valence-electron chi connectivity index (χ1n) is 13.1. The van der Waals surface area contributed by atoms with Crippen molar-refractivity contribution < 1.29 is 41.7 Å². The largest absolute Gasteiger partial charge is 0.481 e. The van der Waals surface area contributed by atoms with Gasteiger partial charge in [-0.3, -0.25) is 9.59 Å². The highest BCUT2D eigenvalue weighted by atomic mass is 19.4. The fourth-order valence-electron chi connectivity index (χ4n) is 6.05. The molecule has 39 heavy (non-hydrogen) atoms. The summed E-state index contributed by atoms with van der Waals surface area (Å²) in [5, 5.41) is 12.4. The molecule has 0 aromatic heterocycles. The average molecular weight is 551 g/mol. The van der Waals surface area contributed by atoms with Crippen molar-refractivity contribution in [1.29, 1.82) is 0 Å². The molecule has 1 amide bonds. The van der Waals surface area contributed by atoms with Gasteiger partial charge in [0.15, 0.2) is 5.79 Å². The van der Waals surface area contributed by atoms with E-state index in [0.29, 0.717) is 38.2 Å². The average Bonchev–Trinajstić information content (AvgIpc) is 3.37. The predicted molar refractivity (Wildman–Crippen MR) is 134 cm³/mol. The number of aliphatic carboxylic acids is 1. The third-order valence-electron chi connectivity index (χ3n) is 8.10. The summed E-state index contributed by atoms with van der Waals surface area (Å²) in [7, 11) is 0. The van der Waals surface area contributed by atoms with E-state index in [1.807, 2.05) is 24.3 Å². The zero-order chi connectivity index (χ0) is 27.8. The van der Waals surface area contributed by atoms with Gasteiger partial charge in [0.2, 0.25) is 5.91 Å². The maximum Gasteiger partial charge on any atom is 0.416 e. The van der Waals surface area contributed by atoms with E-state index in [9.17, 15) is 32.3 Å². The molecule has 0 unspecified atom stereocenters. The molecule has 1 spiro atoms. The molecule has 2 N–H and O–H groups in total. The third-order valence-corrected chi connectivity index (χ3v) is 8.10. The normalized spacial score (nSPS) is 25.0. The highest BCUT2D eigenvalue weighted by Gasteiger charge is 2.43. The molecule has 5 rings (SSSR count). The number of piperidine rings is 1. The van der Waals surface area contributed by atoms with Gasteiger partial charge in [0.1, 0.15) is 5.82 Å². The van der Waals surface area contributed by atoms with E-state index in [1.165, 1.54) is 0 Å². The second-order valence-corrected chi connectivity index (χ2v) is 10.4. The van der Waals surface area contributed by atoms with Gasteiger partial charge in [-0.15, -0.1) is 0 Å². The number of nitrogens with one attached hydrogen (secondary N) is 1. The Bertz CT molecular complexity index is 1200. The van der Waals surface area contributed by atoms with Crippen LogP contribution in [-0.2, 0) is 25.2 Å². The zero-order valence-electron chi connectivity index (χ0n) is 21.2. The Morgan fingerprint density at radius 2 is 1.67 bits per heavy atom. The number of carbonyl (C=O) groups excluding carboxylic acids is 1. The molecule has 1 saturated carbocycles. The van der Waals surface area contributed by atoms with Crippen molar-refractivity contribution in [3.8, 4) is 0 Å². The molecule has 2 heterocycles. The second kappa shape index (κ2) is 10.8. The van der Waals surface area contributed by atoms with Crippen molar-refractivity contribution in [2.45, 2.75) is 50.0 Å². The summed E-state index contributed by atoms with van der Waals surface area (Å²) < 4.78 is 64.5. The van der Waals surface area contributed by atoms with Crippen molar-refractivity contribution in [2.24, 2.45) is 11.8 Å². The Balaban J connectivity index is 1.28. The number of anilines is 2. The Morgan fingerprint density at radius 3 is 2.26 bits per heavy atom. The van der Waals surface area contributed by atoms with E-state index >= 15 is 0 Å². The minimum absolute atomic E-state index is 0.277. The highest BCUT2D eigenvalue weighted by molar-refractivity contribution is 5.95. The number of nitrogens with zero attached hydrogens (tertiary/aromatic N) is 1. The number of amides is 1. The highest BCUT2D eigenvalue weighted by Crippen LogP contribution is 2.43. The Morgan fingerprint density at radius 1 is 1.00 bits per heavy atom. The van der Waals surface area contributed by atoms with Crippen LogP contribution in [0.15, 0.2) is 42.5 Å².